The molecule has 2 atom stereocenters. The standard InChI is InChI=1S/C12H20O4/c1-5-14-12(4)15-9-7-6-8-10(2)16-11(3)13/h10,12H,5,8-9H2,1-4H3/t10-,12?/m1/s1. The van der Waals surface area contributed by atoms with Crippen LogP contribution >= 0.6 is 0 Å². The molecule has 0 spiro atoms. The maximum absolute atomic E-state index is 10.6. The number of carbonyl (C=O) groups excluding carboxylic acids is 1. The Morgan fingerprint density at radius 3 is 2.50 bits per heavy atom. The highest BCUT2D eigenvalue weighted by atomic mass is 16.7. The molecule has 0 aliphatic carbocycles. The monoisotopic (exact) mass is 228 g/mol. The maximum Gasteiger partial charge on any atom is 0.302 e. The first-order valence-electron chi connectivity index (χ1n) is 5.42. The number of hydrogen-bond acceptors (Lipinski definition) is 4. The number of hydrogen-bond donors (Lipinski definition) is 0. The molecule has 0 saturated heterocycles. The van der Waals surface area contributed by atoms with Crippen molar-refractivity contribution in [3.05, 3.63) is 0 Å². The molecule has 0 N–H and O–H groups in total. The Labute approximate surface area is 97.3 Å². The molecule has 92 valence electrons. The van der Waals surface area contributed by atoms with E-state index in [0.717, 1.165) is 0 Å². The van der Waals surface area contributed by atoms with Crippen LogP contribution < -0.4 is 0 Å². The average Bonchev–Trinajstić information content (AvgIpc) is 2.16. The molecule has 0 saturated carbocycles. The molecule has 0 radical (unpaired) electrons. The van der Waals surface area contributed by atoms with Crippen LogP contribution in [0.3, 0.4) is 0 Å². The molecule has 0 fully saturated rings. The zero-order valence-electron chi connectivity index (χ0n) is 10.4. The van der Waals surface area contributed by atoms with Crippen molar-refractivity contribution < 1.29 is 19.0 Å². The predicted octanol–water partition coefficient (Wildman–Crippen LogP) is 1.73. The first-order valence-corrected chi connectivity index (χ1v) is 5.42. The summed E-state index contributed by atoms with van der Waals surface area (Å²) < 4.78 is 15.3. The molecule has 0 amide bonds. The lowest BCUT2D eigenvalue weighted by Gasteiger charge is -2.09. The van der Waals surface area contributed by atoms with Crippen LogP contribution in [-0.2, 0) is 19.0 Å². The first-order chi connectivity index (χ1) is 7.56. The minimum atomic E-state index is -0.282. The first kappa shape index (κ1) is 14.9. The van der Waals surface area contributed by atoms with Crippen molar-refractivity contribution in [1.29, 1.82) is 0 Å². The van der Waals surface area contributed by atoms with Crippen LogP contribution in [-0.4, -0.2) is 31.6 Å². The van der Waals surface area contributed by atoms with Gasteiger partial charge in [0.2, 0.25) is 0 Å². The second-order valence-electron chi connectivity index (χ2n) is 3.31. The summed E-state index contributed by atoms with van der Waals surface area (Å²) in [6.07, 6.45) is 0.117. The van der Waals surface area contributed by atoms with Gasteiger partial charge in [0.05, 0.1) is 0 Å². The van der Waals surface area contributed by atoms with Crippen molar-refractivity contribution in [1.82, 2.24) is 0 Å². The van der Waals surface area contributed by atoms with Crippen molar-refractivity contribution >= 4 is 5.97 Å². The Kier molecular flexibility index (Phi) is 8.59. The summed E-state index contributed by atoms with van der Waals surface area (Å²) in [5, 5.41) is 0. The van der Waals surface area contributed by atoms with E-state index < -0.39 is 0 Å². The van der Waals surface area contributed by atoms with Crippen molar-refractivity contribution in [2.75, 3.05) is 13.2 Å². The third-order valence-corrected chi connectivity index (χ3v) is 1.67. The summed E-state index contributed by atoms with van der Waals surface area (Å²) >= 11 is 0. The molecule has 0 bridgehead atoms. The lowest BCUT2D eigenvalue weighted by atomic mass is 10.3. The van der Waals surface area contributed by atoms with E-state index in [1.54, 1.807) is 6.92 Å². The maximum atomic E-state index is 10.6. The zero-order chi connectivity index (χ0) is 12.4. The van der Waals surface area contributed by atoms with Crippen molar-refractivity contribution in [2.24, 2.45) is 0 Å². The zero-order valence-corrected chi connectivity index (χ0v) is 10.4. The third kappa shape index (κ3) is 9.50. The number of esters is 1. The average molecular weight is 228 g/mol. The lowest BCUT2D eigenvalue weighted by Crippen LogP contribution is -2.13. The summed E-state index contributed by atoms with van der Waals surface area (Å²) in [5.74, 6) is 5.43. The van der Waals surface area contributed by atoms with Crippen LogP contribution in [0.25, 0.3) is 0 Å². The Morgan fingerprint density at radius 1 is 1.25 bits per heavy atom. The Bertz CT molecular complexity index is 251. The summed E-state index contributed by atoms with van der Waals surface area (Å²) in [5.41, 5.74) is 0. The molecule has 4 heteroatoms. The Hall–Kier alpha value is -1.05. The van der Waals surface area contributed by atoms with Gasteiger partial charge in [-0.25, -0.2) is 0 Å². The van der Waals surface area contributed by atoms with Crippen molar-refractivity contribution in [3.8, 4) is 11.8 Å². The molecule has 0 aliphatic rings. The Balaban J connectivity index is 3.58. The minimum absolute atomic E-state index is 0.172. The van der Waals surface area contributed by atoms with Gasteiger partial charge in [0, 0.05) is 20.0 Å². The van der Waals surface area contributed by atoms with E-state index in [0.29, 0.717) is 19.6 Å². The fourth-order valence-electron chi connectivity index (χ4n) is 1.03. The van der Waals surface area contributed by atoms with Gasteiger partial charge < -0.3 is 14.2 Å². The van der Waals surface area contributed by atoms with Gasteiger partial charge in [0.25, 0.3) is 0 Å². The molecule has 0 aliphatic heterocycles. The van der Waals surface area contributed by atoms with Gasteiger partial charge in [-0.05, 0) is 20.8 Å². The molecule has 0 aromatic heterocycles. The van der Waals surface area contributed by atoms with E-state index in [1.807, 2.05) is 13.8 Å². The van der Waals surface area contributed by atoms with Crippen LogP contribution in [0.1, 0.15) is 34.1 Å². The van der Waals surface area contributed by atoms with Gasteiger partial charge in [-0.1, -0.05) is 11.8 Å². The molecule has 4 nitrogen and oxygen atoms in total. The Morgan fingerprint density at radius 2 is 1.94 bits per heavy atom. The van der Waals surface area contributed by atoms with E-state index in [9.17, 15) is 4.79 Å². The van der Waals surface area contributed by atoms with Crippen LogP contribution in [0.5, 0.6) is 0 Å². The quantitative estimate of drug-likeness (QED) is 0.394. The molecule has 16 heavy (non-hydrogen) atoms. The molecule has 0 rings (SSSR count). The van der Waals surface area contributed by atoms with Gasteiger partial charge in [0.1, 0.15) is 12.7 Å². The molecular formula is C12H20O4. The molecule has 0 heterocycles. The second-order valence-corrected chi connectivity index (χ2v) is 3.31. The summed E-state index contributed by atoms with van der Waals surface area (Å²) in [6.45, 7) is 7.88. The fourth-order valence-corrected chi connectivity index (χ4v) is 1.03. The topological polar surface area (TPSA) is 44.8 Å². The van der Waals surface area contributed by atoms with Gasteiger partial charge in [-0.2, -0.15) is 0 Å². The van der Waals surface area contributed by atoms with Crippen LogP contribution in [0.15, 0.2) is 0 Å². The smallest absolute Gasteiger partial charge is 0.302 e. The molecular weight excluding hydrogens is 208 g/mol. The van der Waals surface area contributed by atoms with Gasteiger partial charge >= 0.3 is 5.97 Å². The van der Waals surface area contributed by atoms with E-state index >= 15 is 0 Å². The highest BCUT2D eigenvalue weighted by Gasteiger charge is 2.02. The van der Waals surface area contributed by atoms with Gasteiger partial charge in [-0.15, -0.1) is 0 Å². The van der Waals surface area contributed by atoms with Crippen LogP contribution in [0, 0.1) is 11.8 Å². The van der Waals surface area contributed by atoms with E-state index in [1.165, 1.54) is 6.92 Å². The van der Waals surface area contributed by atoms with Crippen LogP contribution in [0.2, 0.25) is 0 Å². The van der Waals surface area contributed by atoms with E-state index in [2.05, 4.69) is 11.8 Å². The van der Waals surface area contributed by atoms with Gasteiger partial charge in [-0.3, -0.25) is 4.79 Å². The third-order valence-electron chi connectivity index (χ3n) is 1.67. The summed E-state index contributed by atoms with van der Waals surface area (Å²) in [6, 6.07) is 0. The SMILES string of the molecule is CCOC(C)OCC#CC[C@@H](C)OC(C)=O. The highest BCUT2D eigenvalue weighted by Crippen LogP contribution is 1.96. The number of ether oxygens (including phenoxy) is 3. The number of carbonyl (C=O) groups is 1. The van der Waals surface area contributed by atoms with E-state index in [4.69, 9.17) is 14.2 Å². The van der Waals surface area contributed by atoms with Crippen molar-refractivity contribution in [3.63, 3.8) is 0 Å². The molecule has 0 aromatic rings. The second kappa shape index (κ2) is 9.20. The highest BCUT2D eigenvalue weighted by molar-refractivity contribution is 5.66. The lowest BCUT2D eigenvalue weighted by molar-refractivity contribution is -0.145. The predicted molar refractivity (Wildman–Crippen MR) is 60.7 cm³/mol. The number of rotatable bonds is 6. The van der Waals surface area contributed by atoms with Gasteiger partial charge in [0.15, 0.2) is 6.29 Å². The van der Waals surface area contributed by atoms with E-state index in [-0.39, 0.29) is 18.4 Å². The molecule has 1 unspecified atom stereocenters. The molecule has 0 aromatic carbocycles. The largest absolute Gasteiger partial charge is 0.462 e. The van der Waals surface area contributed by atoms with Crippen molar-refractivity contribution in [2.45, 2.75) is 46.5 Å². The minimum Gasteiger partial charge on any atom is -0.462 e. The normalized spacial score (nSPS) is 13.5. The summed E-state index contributed by atoms with van der Waals surface area (Å²) in [4.78, 5) is 10.6. The fraction of sp³-hybridized carbons (Fsp3) is 0.750. The summed E-state index contributed by atoms with van der Waals surface area (Å²) in [7, 11) is 0. The van der Waals surface area contributed by atoms with Crippen LogP contribution in [0.4, 0.5) is 0 Å².